The van der Waals surface area contributed by atoms with Gasteiger partial charge >= 0.3 is 0 Å². The van der Waals surface area contributed by atoms with Gasteiger partial charge in [-0.2, -0.15) is 0 Å². The molecule has 2 aromatic carbocycles. The molecule has 1 N–H and O–H groups in total. The first-order chi connectivity index (χ1) is 14.5. The molecule has 0 saturated carbocycles. The highest BCUT2D eigenvalue weighted by atomic mass is 16.5. The van der Waals surface area contributed by atoms with E-state index < -0.39 is 0 Å². The molecule has 7 nitrogen and oxygen atoms in total. The summed E-state index contributed by atoms with van der Waals surface area (Å²) in [6.07, 6.45) is 0.187. The minimum Gasteiger partial charge on any atom is -0.497 e. The minimum atomic E-state index is -0.382. The average Bonchev–Trinajstić information content (AvgIpc) is 3.15. The smallest absolute Gasteiger partial charge is 0.227 e. The van der Waals surface area contributed by atoms with Gasteiger partial charge in [0.05, 0.1) is 25.8 Å². The lowest BCUT2D eigenvalue weighted by Gasteiger charge is -2.20. The van der Waals surface area contributed by atoms with Crippen molar-refractivity contribution in [1.29, 1.82) is 0 Å². The van der Waals surface area contributed by atoms with Crippen LogP contribution in [0.15, 0.2) is 48.5 Å². The molecule has 0 aliphatic carbocycles. The van der Waals surface area contributed by atoms with E-state index in [1.807, 2.05) is 25.2 Å². The summed E-state index contributed by atoms with van der Waals surface area (Å²) >= 11 is 0. The Bertz CT molecular complexity index is 872. The quantitative estimate of drug-likeness (QED) is 0.686. The Hall–Kier alpha value is -3.06. The molecule has 1 aliphatic heterocycles. The first-order valence-electron chi connectivity index (χ1n) is 10.0. The number of benzene rings is 2. The van der Waals surface area contributed by atoms with Gasteiger partial charge in [-0.15, -0.1) is 0 Å². The Morgan fingerprint density at radius 2 is 1.93 bits per heavy atom. The van der Waals surface area contributed by atoms with Gasteiger partial charge in [-0.1, -0.05) is 30.3 Å². The number of ether oxygens (including phenoxy) is 2. The predicted molar refractivity (Wildman–Crippen MR) is 116 cm³/mol. The molecule has 0 aromatic heterocycles. The van der Waals surface area contributed by atoms with E-state index in [0.717, 1.165) is 13.1 Å². The van der Waals surface area contributed by atoms with Gasteiger partial charge in [0.15, 0.2) is 0 Å². The van der Waals surface area contributed by atoms with Gasteiger partial charge in [0.25, 0.3) is 0 Å². The van der Waals surface area contributed by atoms with E-state index in [0.29, 0.717) is 30.3 Å². The molecule has 0 bridgehead atoms. The molecule has 3 rings (SSSR count). The summed E-state index contributed by atoms with van der Waals surface area (Å²) in [6, 6.07) is 15.5. The molecular weight excluding hydrogens is 382 g/mol. The standard InChI is InChI=1S/C23H29N3O4/c1-25(15-17-7-5-4-6-8-17)12-11-24-23(28)18-13-22(27)26(16-18)20-14-19(29-2)9-10-21(20)30-3/h4-10,14,18H,11-13,15-16H2,1-3H3,(H,24,28). The number of hydrogen-bond acceptors (Lipinski definition) is 5. The number of amides is 2. The Balaban J connectivity index is 1.53. The van der Waals surface area contributed by atoms with E-state index in [2.05, 4.69) is 22.3 Å². The van der Waals surface area contributed by atoms with Crippen LogP contribution in [0.1, 0.15) is 12.0 Å². The third-order valence-electron chi connectivity index (χ3n) is 5.26. The highest BCUT2D eigenvalue weighted by Gasteiger charge is 2.36. The second-order valence-electron chi connectivity index (χ2n) is 7.46. The van der Waals surface area contributed by atoms with Crippen LogP contribution in [0.4, 0.5) is 5.69 Å². The van der Waals surface area contributed by atoms with Crippen molar-refractivity contribution in [1.82, 2.24) is 10.2 Å². The van der Waals surface area contributed by atoms with Crippen molar-refractivity contribution >= 4 is 17.5 Å². The lowest BCUT2D eigenvalue weighted by atomic mass is 10.1. The zero-order valence-corrected chi connectivity index (χ0v) is 17.8. The van der Waals surface area contributed by atoms with Crippen molar-refractivity contribution in [2.45, 2.75) is 13.0 Å². The minimum absolute atomic E-state index is 0.0945. The Morgan fingerprint density at radius 1 is 1.17 bits per heavy atom. The summed E-state index contributed by atoms with van der Waals surface area (Å²) in [5.41, 5.74) is 1.86. The molecule has 1 fully saturated rings. The number of carbonyl (C=O) groups excluding carboxylic acids is 2. The highest BCUT2D eigenvalue weighted by molar-refractivity contribution is 6.01. The molecule has 1 unspecified atom stereocenters. The summed E-state index contributed by atoms with van der Waals surface area (Å²) < 4.78 is 10.6. The summed E-state index contributed by atoms with van der Waals surface area (Å²) in [6.45, 7) is 2.42. The third-order valence-corrected chi connectivity index (χ3v) is 5.26. The molecule has 0 spiro atoms. The summed E-state index contributed by atoms with van der Waals surface area (Å²) in [4.78, 5) is 29.0. The van der Waals surface area contributed by atoms with Gasteiger partial charge in [0.1, 0.15) is 11.5 Å². The van der Waals surface area contributed by atoms with E-state index >= 15 is 0 Å². The van der Waals surface area contributed by atoms with Crippen molar-refractivity contribution in [2.24, 2.45) is 5.92 Å². The van der Waals surface area contributed by atoms with Gasteiger partial charge in [-0.25, -0.2) is 0 Å². The summed E-state index contributed by atoms with van der Waals surface area (Å²) in [5, 5.41) is 2.97. The summed E-state index contributed by atoms with van der Waals surface area (Å²) in [7, 11) is 5.15. The van der Waals surface area contributed by atoms with Crippen LogP contribution in [0, 0.1) is 5.92 Å². The fraction of sp³-hybridized carbons (Fsp3) is 0.391. The van der Waals surface area contributed by atoms with Crippen LogP contribution in [0.25, 0.3) is 0 Å². The van der Waals surface area contributed by atoms with E-state index in [9.17, 15) is 9.59 Å². The lowest BCUT2D eigenvalue weighted by Crippen LogP contribution is -2.37. The molecule has 7 heteroatoms. The van der Waals surface area contributed by atoms with E-state index in [1.54, 1.807) is 37.3 Å². The molecule has 1 heterocycles. The third kappa shape index (κ3) is 5.30. The highest BCUT2D eigenvalue weighted by Crippen LogP contribution is 2.36. The van der Waals surface area contributed by atoms with E-state index in [1.165, 1.54) is 5.56 Å². The Labute approximate surface area is 177 Å². The maximum Gasteiger partial charge on any atom is 0.227 e. The van der Waals surface area contributed by atoms with Gasteiger partial charge in [0, 0.05) is 38.7 Å². The number of anilines is 1. The molecule has 1 atom stereocenters. The molecule has 2 amide bonds. The topological polar surface area (TPSA) is 71.1 Å². The molecule has 0 radical (unpaired) electrons. The van der Waals surface area contributed by atoms with Crippen LogP contribution >= 0.6 is 0 Å². The number of nitrogens with one attached hydrogen (secondary N) is 1. The average molecular weight is 412 g/mol. The van der Waals surface area contributed by atoms with Crippen molar-refractivity contribution in [3.05, 3.63) is 54.1 Å². The zero-order chi connectivity index (χ0) is 21.5. The molecule has 1 aliphatic rings. The van der Waals surface area contributed by atoms with Gasteiger partial charge in [-0.05, 0) is 24.7 Å². The second-order valence-corrected chi connectivity index (χ2v) is 7.46. The maximum absolute atomic E-state index is 12.6. The van der Waals surface area contributed by atoms with Gasteiger partial charge in [-0.3, -0.25) is 9.59 Å². The van der Waals surface area contributed by atoms with Gasteiger partial charge < -0.3 is 24.6 Å². The number of nitrogens with zero attached hydrogens (tertiary/aromatic N) is 2. The Morgan fingerprint density at radius 3 is 2.63 bits per heavy atom. The molecule has 160 valence electrons. The van der Waals surface area contributed by atoms with Crippen molar-refractivity contribution in [3.63, 3.8) is 0 Å². The number of carbonyl (C=O) groups is 2. The normalized spacial score (nSPS) is 16.1. The van der Waals surface area contributed by atoms with Crippen LogP contribution in [-0.4, -0.2) is 57.6 Å². The van der Waals surface area contributed by atoms with Crippen molar-refractivity contribution < 1.29 is 19.1 Å². The fourth-order valence-electron chi connectivity index (χ4n) is 3.61. The molecule has 30 heavy (non-hydrogen) atoms. The number of likely N-dealkylation sites (N-methyl/N-ethyl adjacent to an activating group) is 1. The second kappa shape index (κ2) is 10.1. The SMILES string of the molecule is COc1ccc(OC)c(N2CC(C(=O)NCCN(C)Cc3ccccc3)CC2=O)c1. The first-order valence-corrected chi connectivity index (χ1v) is 10.0. The Kier molecular flexibility index (Phi) is 7.30. The summed E-state index contributed by atoms with van der Waals surface area (Å²) in [5.74, 6) is 0.636. The largest absolute Gasteiger partial charge is 0.497 e. The molecule has 2 aromatic rings. The van der Waals surface area contributed by atoms with Crippen LogP contribution in [0.2, 0.25) is 0 Å². The number of hydrogen-bond donors (Lipinski definition) is 1. The van der Waals surface area contributed by atoms with Crippen LogP contribution < -0.4 is 19.7 Å². The van der Waals surface area contributed by atoms with Crippen molar-refractivity contribution in [3.8, 4) is 11.5 Å². The lowest BCUT2D eigenvalue weighted by molar-refractivity contribution is -0.126. The molecule has 1 saturated heterocycles. The van der Waals surface area contributed by atoms with E-state index in [-0.39, 0.29) is 24.2 Å². The maximum atomic E-state index is 12.6. The predicted octanol–water partition coefficient (Wildman–Crippen LogP) is 2.30. The zero-order valence-electron chi connectivity index (χ0n) is 17.8. The van der Waals surface area contributed by atoms with E-state index in [4.69, 9.17) is 9.47 Å². The van der Waals surface area contributed by atoms with Crippen molar-refractivity contribution in [2.75, 3.05) is 45.8 Å². The van der Waals surface area contributed by atoms with Crippen LogP contribution in [0.5, 0.6) is 11.5 Å². The number of rotatable bonds is 9. The first kappa shape index (κ1) is 21.6. The molecular formula is C23H29N3O4. The van der Waals surface area contributed by atoms with Crippen LogP contribution in [0.3, 0.4) is 0 Å². The fourth-order valence-corrected chi connectivity index (χ4v) is 3.61. The van der Waals surface area contributed by atoms with Crippen LogP contribution in [-0.2, 0) is 16.1 Å². The monoisotopic (exact) mass is 411 g/mol. The van der Waals surface area contributed by atoms with Gasteiger partial charge in [0.2, 0.25) is 11.8 Å². The number of methoxy groups -OCH3 is 2.